The molecule has 4 heterocycles. The molecule has 2 fully saturated rings. The highest BCUT2D eigenvalue weighted by Gasteiger charge is 2.49. The number of amides is 2. The van der Waals surface area contributed by atoms with Crippen molar-refractivity contribution in [2.24, 2.45) is 0 Å². The molecule has 2 aliphatic rings. The molecule has 2 saturated heterocycles. The van der Waals surface area contributed by atoms with Crippen molar-refractivity contribution in [1.82, 2.24) is 15.2 Å². The number of likely N-dealkylation sites (tertiary alicyclic amines) is 1. The first-order valence-electron chi connectivity index (χ1n) is 8.63. The zero-order valence-electron chi connectivity index (χ0n) is 14.2. The molecule has 1 N–H and O–H groups in total. The van der Waals surface area contributed by atoms with Crippen LogP contribution in [0.25, 0.3) is 0 Å². The Morgan fingerprint density at radius 2 is 2.00 bits per heavy atom. The summed E-state index contributed by atoms with van der Waals surface area (Å²) >= 11 is 0. The molecule has 0 bridgehead atoms. The maximum absolute atomic E-state index is 12.7. The van der Waals surface area contributed by atoms with Gasteiger partial charge in [0.1, 0.15) is 5.76 Å². The summed E-state index contributed by atoms with van der Waals surface area (Å²) in [6.45, 7) is 3.06. The fraction of sp³-hybridized carbons (Fsp3) is 0.421. The summed E-state index contributed by atoms with van der Waals surface area (Å²) in [6.07, 6.45) is 7.10. The lowest BCUT2D eigenvalue weighted by Crippen LogP contribution is -2.54. The average molecular weight is 339 g/mol. The fourth-order valence-corrected chi connectivity index (χ4v) is 4.19. The molecule has 1 unspecified atom stereocenters. The second kappa shape index (κ2) is 6.02. The lowest BCUT2D eigenvalue weighted by molar-refractivity contribution is -0.120. The predicted molar refractivity (Wildman–Crippen MR) is 91.1 cm³/mol. The molecule has 6 nitrogen and oxygen atoms in total. The van der Waals surface area contributed by atoms with Crippen molar-refractivity contribution in [3.8, 4) is 0 Å². The van der Waals surface area contributed by atoms with Gasteiger partial charge in [-0.15, -0.1) is 0 Å². The first kappa shape index (κ1) is 15.9. The molecule has 0 radical (unpaired) electrons. The van der Waals surface area contributed by atoms with E-state index in [0.29, 0.717) is 30.8 Å². The largest absolute Gasteiger partial charge is 0.469 e. The Kier molecular flexibility index (Phi) is 3.82. The molecule has 0 saturated carbocycles. The lowest BCUT2D eigenvalue weighted by Gasteiger charge is -2.43. The van der Waals surface area contributed by atoms with Crippen LogP contribution in [0.4, 0.5) is 0 Å². The van der Waals surface area contributed by atoms with E-state index in [1.807, 2.05) is 17.0 Å². The number of aryl methyl sites for hydroxylation is 1. The molecule has 0 aromatic carbocycles. The molecule has 1 atom stereocenters. The van der Waals surface area contributed by atoms with E-state index < -0.39 is 0 Å². The minimum atomic E-state index is -0.263. The van der Waals surface area contributed by atoms with Gasteiger partial charge in [0.05, 0.1) is 17.4 Å². The smallest absolute Gasteiger partial charge is 0.257 e. The highest BCUT2D eigenvalue weighted by atomic mass is 16.3. The minimum absolute atomic E-state index is 0.00545. The van der Waals surface area contributed by atoms with Gasteiger partial charge in [-0.05, 0) is 43.5 Å². The lowest BCUT2D eigenvalue weighted by atomic mass is 9.74. The number of aromatic nitrogens is 1. The van der Waals surface area contributed by atoms with Crippen molar-refractivity contribution in [1.29, 1.82) is 0 Å². The topological polar surface area (TPSA) is 75.4 Å². The van der Waals surface area contributed by atoms with E-state index in [4.69, 9.17) is 4.42 Å². The second-order valence-corrected chi connectivity index (χ2v) is 6.92. The Morgan fingerprint density at radius 1 is 1.28 bits per heavy atom. The van der Waals surface area contributed by atoms with Gasteiger partial charge in [0.2, 0.25) is 5.91 Å². The van der Waals surface area contributed by atoms with E-state index in [2.05, 4.69) is 10.3 Å². The third-order valence-corrected chi connectivity index (χ3v) is 5.59. The molecule has 25 heavy (non-hydrogen) atoms. The number of nitrogens with zero attached hydrogens (tertiary/aromatic N) is 2. The summed E-state index contributed by atoms with van der Waals surface area (Å²) in [5.74, 6) is 0.878. The van der Waals surface area contributed by atoms with Crippen LogP contribution in [0.15, 0.2) is 41.3 Å². The molecule has 2 aromatic heterocycles. The third kappa shape index (κ3) is 2.71. The maximum Gasteiger partial charge on any atom is 0.257 e. The van der Waals surface area contributed by atoms with E-state index >= 15 is 0 Å². The molecule has 2 aromatic rings. The van der Waals surface area contributed by atoms with Crippen molar-refractivity contribution in [3.05, 3.63) is 53.7 Å². The number of hydrogen-bond donors (Lipinski definition) is 1. The average Bonchev–Trinajstić information content (AvgIpc) is 3.19. The first-order valence-corrected chi connectivity index (χ1v) is 8.63. The Balaban J connectivity index is 1.52. The Labute approximate surface area is 146 Å². The van der Waals surface area contributed by atoms with Crippen LogP contribution in [0.3, 0.4) is 0 Å². The van der Waals surface area contributed by atoms with Gasteiger partial charge < -0.3 is 14.6 Å². The number of carbonyl (C=O) groups is 2. The van der Waals surface area contributed by atoms with Gasteiger partial charge in [-0.2, -0.15) is 0 Å². The van der Waals surface area contributed by atoms with E-state index in [1.54, 1.807) is 31.6 Å². The normalized spacial score (nSPS) is 22.2. The molecule has 4 rings (SSSR count). The Bertz CT molecular complexity index is 791. The van der Waals surface area contributed by atoms with E-state index in [0.717, 1.165) is 18.4 Å². The number of furan rings is 1. The van der Waals surface area contributed by atoms with Gasteiger partial charge in [0.25, 0.3) is 5.91 Å². The van der Waals surface area contributed by atoms with Gasteiger partial charge in [0.15, 0.2) is 0 Å². The van der Waals surface area contributed by atoms with Gasteiger partial charge in [-0.3, -0.25) is 14.6 Å². The number of hydrogen-bond acceptors (Lipinski definition) is 4. The van der Waals surface area contributed by atoms with Crippen molar-refractivity contribution in [3.63, 3.8) is 0 Å². The number of rotatable bonds is 2. The van der Waals surface area contributed by atoms with Crippen LogP contribution in [0.5, 0.6) is 0 Å². The van der Waals surface area contributed by atoms with E-state index in [1.165, 1.54) is 0 Å². The maximum atomic E-state index is 12.7. The van der Waals surface area contributed by atoms with Crippen molar-refractivity contribution in [2.75, 3.05) is 13.1 Å². The van der Waals surface area contributed by atoms with Gasteiger partial charge >= 0.3 is 0 Å². The number of nitrogens with one attached hydrogen (secondary N) is 1. The second-order valence-electron chi connectivity index (χ2n) is 6.92. The van der Waals surface area contributed by atoms with Crippen molar-refractivity contribution in [2.45, 2.75) is 37.6 Å². The van der Waals surface area contributed by atoms with Gasteiger partial charge in [-0.25, -0.2) is 0 Å². The molecule has 2 amide bonds. The highest BCUT2D eigenvalue weighted by molar-refractivity contribution is 5.95. The number of piperidine rings is 1. The highest BCUT2D eigenvalue weighted by Crippen LogP contribution is 2.43. The van der Waals surface area contributed by atoms with Crippen LogP contribution in [-0.4, -0.2) is 40.3 Å². The van der Waals surface area contributed by atoms with Crippen LogP contribution >= 0.6 is 0 Å². The molecule has 2 aliphatic heterocycles. The summed E-state index contributed by atoms with van der Waals surface area (Å²) in [7, 11) is 0. The van der Waals surface area contributed by atoms with Crippen LogP contribution in [0.2, 0.25) is 0 Å². The summed E-state index contributed by atoms with van der Waals surface area (Å²) in [6, 6.07) is 5.69. The first-order chi connectivity index (χ1) is 12.1. The summed E-state index contributed by atoms with van der Waals surface area (Å²) in [5.41, 5.74) is 1.50. The molecule has 1 spiro atoms. The monoisotopic (exact) mass is 339 g/mol. The van der Waals surface area contributed by atoms with Crippen LogP contribution in [0.1, 0.15) is 46.9 Å². The van der Waals surface area contributed by atoms with Gasteiger partial charge in [-0.1, -0.05) is 0 Å². The van der Waals surface area contributed by atoms with E-state index in [9.17, 15) is 9.59 Å². The minimum Gasteiger partial charge on any atom is -0.469 e. The van der Waals surface area contributed by atoms with Crippen molar-refractivity contribution >= 4 is 11.8 Å². The summed E-state index contributed by atoms with van der Waals surface area (Å²) in [5, 5.41) is 3.21. The van der Waals surface area contributed by atoms with Crippen LogP contribution < -0.4 is 5.32 Å². The molecular weight excluding hydrogens is 318 g/mol. The van der Waals surface area contributed by atoms with Crippen molar-refractivity contribution < 1.29 is 14.0 Å². The molecule has 130 valence electrons. The van der Waals surface area contributed by atoms with Crippen LogP contribution in [0, 0.1) is 6.92 Å². The predicted octanol–water partition coefficient (Wildman–Crippen LogP) is 2.26. The zero-order valence-corrected chi connectivity index (χ0v) is 14.2. The quantitative estimate of drug-likeness (QED) is 0.911. The Morgan fingerprint density at radius 3 is 2.64 bits per heavy atom. The number of carbonyl (C=O) groups excluding carboxylic acids is 2. The molecule has 0 aliphatic carbocycles. The summed E-state index contributed by atoms with van der Waals surface area (Å²) in [4.78, 5) is 30.7. The molecular formula is C19H21N3O3. The fourth-order valence-electron chi connectivity index (χ4n) is 4.19. The van der Waals surface area contributed by atoms with Gasteiger partial charge in [0, 0.05) is 37.8 Å². The third-order valence-electron chi connectivity index (χ3n) is 5.59. The number of pyridine rings is 1. The SMILES string of the molecule is Cc1occc1C(=O)N1CCC2(CC1)NC(=O)CC2c1ccncc1. The standard InChI is InChI=1S/C19H21N3O3/c1-13-15(4-11-25-13)18(24)22-9-5-19(6-10-22)16(12-17(23)21-19)14-2-7-20-8-3-14/h2-4,7-8,11,16H,5-6,9-10,12H2,1H3,(H,21,23). The zero-order chi connectivity index (χ0) is 17.4. The summed E-state index contributed by atoms with van der Waals surface area (Å²) < 4.78 is 5.25. The molecule has 6 heteroatoms. The van der Waals surface area contributed by atoms with Crippen LogP contribution in [-0.2, 0) is 4.79 Å². The Hall–Kier alpha value is -2.63. The van der Waals surface area contributed by atoms with E-state index in [-0.39, 0.29) is 23.3 Å².